The number of rotatable bonds is 17. The molecule has 1 amide bonds. The smallest absolute Gasteiger partial charge is 0.306 e. The first-order valence-electron chi connectivity index (χ1n) is 19.9. The van der Waals surface area contributed by atoms with E-state index in [1.807, 2.05) is 12.1 Å². The monoisotopic (exact) mass is 813 g/mol. The fraction of sp³-hybridized carbons (Fsp3) is 0.319. The van der Waals surface area contributed by atoms with Gasteiger partial charge in [-0.15, -0.1) is 0 Å². The van der Waals surface area contributed by atoms with E-state index in [2.05, 4.69) is 83.3 Å². The average molecular weight is 814 g/mol. The Morgan fingerprint density at radius 1 is 0.949 bits per heavy atom. The average Bonchev–Trinajstić information content (AvgIpc) is 3.84. The third-order valence-electron chi connectivity index (χ3n) is 11.2. The SMILES string of the molecule is Cc1c(COc2cc(OCc3cncc(C#N)c3)c(CNC[C@@H](O)CC(=O)O)cc2Cl)cccc1-c1cccc(-c2ccc3c(c2)CC(NC[C@@H]2CCC(=O)N2)C3)c1C. The Labute approximate surface area is 349 Å². The van der Waals surface area contributed by atoms with Gasteiger partial charge in [0.15, 0.2) is 0 Å². The highest BCUT2D eigenvalue weighted by Gasteiger charge is 2.26. The van der Waals surface area contributed by atoms with Crippen LogP contribution in [0.2, 0.25) is 5.02 Å². The zero-order valence-electron chi connectivity index (χ0n) is 33.2. The van der Waals surface area contributed by atoms with E-state index < -0.39 is 12.1 Å². The van der Waals surface area contributed by atoms with Crippen LogP contribution in [0.1, 0.15) is 63.8 Å². The van der Waals surface area contributed by atoms with Crippen LogP contribution in [0.5, 0.6) is 11.5 Å². The minimum Gasteiger partial charge on any atom is -0.488 e. The molecule has 2 aliphatic rings. The highest BCUT2D eigenvalue weighted by molar-refractivity contribution is 6.32. The molecule has 0 radical (unpaired) electrons. The number of aromatic nitrogens is 1. The van der Waals surface area contributed by atoms with E-state index in [1.165, 1.54) is 34.0 Å². The molecule has 1 fully saturated rings. The first-order valence-corrected chi connectivity index (χ1v) is 20.3. The number of amides is 1. The Hall–Kier alpha value is -5.77. The maximum Gasteiger partial charge on any atom is 0.306 e. The lowest BCUT2D eigenvalue weighted by atomic mass is 9.89. The summed E-state index contributed by atoms with van der Waals surface area (Å²) in [6.07, 6.45) is 5.14. The summed E-state index contributed by atoms with van der Waals surface area (Å²) in [7, 11) is 0. The molecule has 1 saturated heterocycles. The Bertz CT molecular complexity index is 2400. The number of halogens is 1. The van der Waals surface area contributed by atoms with Gasteiger partial charge in [0.1, 0.15) is 30.8 Å². The standard InChI is InChI=1S/C47H48ClN5O6/c1-28-34(27-59-45-19-44(58-26-31-13-30(20-49)21-50-22-31)36(17-43(45)48)23-51-25-39(54)18-47(56)57)5-3-7-41(28)42-8-4-6-40(29(42)2)33-10-9-32-15-38(16-35(32)14-33)52-24-37-11-12-46(55)53-37/h3-10,13-14,17,19,21-22,37-39,51-52,54H,11-12,15-16,18,23-27H2,1-2H3,(H,53,55)(H,56,57)/t37-,38?,39-/m0/s1. The molecule has 5 N–H and O–H groups in total. The molecule has 12 heteroatoms. The molecule has 0 saturated carbocycles. The van der Waals surface area contributed by atoms with Gasteiger partial charge in [-0.05, 0) is 95.3 Å². The van der Waals surface area contributed by atoms with Crippen molar-refractivity contribution in [2.24, 2.45) is 0 Å². The second-order valence-corrected chi connectivity index (χ2v) is 15.8. The molecule has 0 bridgehead atoms. The van der Waals surface area contributed by atoms with E-state index in [-0.39, 0.29) is 44.7 Å². The number of nitriles is 1. The fourth-order valence-electron chi connectivity index (χ4n) is 7.99. The van der Waals surface area contributed by atoms with Gasteiger partial charge in [0.2, 0.25) is 5.91 Å². The van der Waals surface area contributed by atoms with Gasteiger partial charge in [-0.2, -0.15) is 5.26 Å². The molecular formula is C47H48ClN5O6. The number of hydrogen-bond donors (Lipinski definition) is 5. The molecule has 1 unspecified atom stereocenters. The van der Waals surface area contributed by atoms with Crippen LogP contribution in [-0.4, -0.2) is 58.4 Å². The molecule has 7 rings (SSSR count). The summed E-state index contributed by atoms with van der Waals surface area (Å²) in [5.41, 5.74) is 12.5. The number of hydrogen-bond acceptors (Lipinski definition) is 9. The molecule has 5 aromatic rings. The number of carbonyl (C=O) groups excluding carboxylic acids is 1. The lowest BCUT2D eigenvalue weighted by Gasteiger charge is -2.19. The first-order chi connectivity index (χ1) is 28.5. The predicted octanol–water partition coefficient (Wildman–Crippen LogP) is 6.98. The number of nitrogens with zero attached hydrogens (tertiary/aromatic N) is 2. The number of aliphatic carboxylic acids is 1. The van der Waals surface area contributed by atoms with Crippen molar-refractivity contribution in [1.29, 1.82) is 5.26 Å². The summed E-state index contributed by atoms with van der Waals surface area (Å²) in [5.74, 6) is -0.0453. The van der Waals surface area contributed by atoms with Gasteiger partial charge >= 0.3 is 5.97 Å². The minimum atomic E-state index is -1.09. The van der Waals surface area contributed by atoms with Crippen molar-refractivity contribution in [3.05, 3.63) is 135 Å². The third-order valence-corrected chi connectivity index (χ3v) is 11.5. The number of carboxylic acid groups (broad SMARTS) is 1. The van der Waals surface area contributed by atoms with Gasteiger partial charge in [-0.1, -0.05) is 66.2 Å². The molecule has 3 atom stereocenters. The summed E-state index contributed by atoms with van der Waals surface area (Å²) in [4.78, 5) is 26.8. The quantitative estimate of drug-likeness (QED) is 0.0662. The first kappa shape index (κ1) is 41.4. The predicted molar refractivity (Wildman–Crippen MR) is 226 cm³/mol. The highest BCUT2D eigenvalue weighted by Crippen LogP contribution is 2.38. The molecule has 4 aromatic carbocycles. The molecular weight excluding hydrogens is 766 g/mol. The van der Waals surface area contributed by atoms with Crippen LogP contribution < -0.4 is 25.4 Å². The summed E-state index contributed by atoms with van der Waals surface area (Å²) in [6, 6.07) is 27.4. The Kier molecular flexibility index (Phi) is 13.2. The largest absolute Gasteiger partial charge is 0.488 e. The number of nitrogens with one attached hydrogen (secondary N) is 3. The van der Waals surface area contributed by atoms with Gasteiger partial charge in [0, 0.05) is 67.7 Å². The number of benzene rings is 4. The molecule has 11 nitrogen and oxygen atoms in total. The van der Waals surface area contributed by atoms with Crippen LogP contribution in [0.15, 0.2) is 85.2 Å². The normalized spacial score (nSPS) is 16.3. The fourth-order valence-corrected chi connectivity index (χ4v) is 8.23. The van der Waals surface area contributed by atoms with E-state index in [1.54, 1.807) is 24.4 Å². The second kappa shape index (κ2) is 18.9. The maximum absolute atomic E-state index is 11.6. The van der Waals surface area contributed by atoms with Crippen LogP contribution in [0, 0.1) is 25.2 Å². The molecule has 2 heterocycles. The molecule has 59 heavy (non-hydrogen) atoms. The number of carbonyl (C=O) groups is 2. The van der Waals surface area contributed by atoms with Crippen LogP contribution in [0.25, 0.3) is 22.3 Å². The summed E-state index contributed by atoms with van der Waals surface area (Å²) < 4.78 is 12.6. The highest BCUT2D eigenvalue weighted by atomic mass is 35.5. The Balaban J connectivity index is 1.06. The summed E-state index contributed by atoms with van der Waals surface area (Å²) in [5, 5.41) is 38.6. The lowest BCUT2D eigenvalue weighted by Crippen LogP contribution is -2.40. The van der Waals surface area contributed by atoms with Crippen LogP contribution in [0.3, 0.4) is 0 Å². The zero-order valence-corrected chi connectivity index (χ0v) is 33.9. The van der Waals surface area contributed by atoms with Crippen molar-refractivity contribution in [2.45, 2.75) is 83.9 Å². The van der Waals surface area contributed by atoms with E-state index in [0.717, 1.165) is 48.1 Å². The van der Waals surface area contributed by atoms with Crippen molar-refractivity contribution >= 4 is 23.5 Å². The van der Waals surface area contributed by atoms with E-state index >= 15 is 0 Å². The molecule has 304 valence electrons. The van der Waals surface area contributed by atoms with Crippen molar-refractivity contribution in [2.75, 3.05) is 13.1 Å². The molecule has 0 spiro atoms. The second-order valence-electron chi connectivity index (χ2n) is 15.4. The number of pyridine rings is 1. The maximum atomic E-state index is 11.6. The summed E-state index contributed by atoms with van der Waals surface area (Å²) >= 11 is 6.79. The van der Waals surface area contributed by atoms with Crippen molar-refractivity contribution in [3.8, 4) is 39.8 Å². The van der Waals surface area contributed by atoms with Crippen LogP contribution >= 0.6 is 11.6 Å². The van der Waals surface area contributed by atoms with E-state index in [9.17, 15) is 20.0 Å². The summed E-state index contributed by atoms with van der Waals surface area (Å²) in [6.45, 7) is 5.76. The third kappa shape index (κ3) is 10.3. The van der Waals surface area contributed by atoms with Crippen LogP contribution in [0.4, 0.5) is 0 Å². The molecule has 1 aromatic heterocycles. The van der Waals surface area contributed by atoms with Crippen molar-refractivity contribution < 1.29 is 29.3 Å². The minimum absolute atomic E-state index is 0.0588. The zero-order chi connectivity index (χ0) is 41.5. The van der Waals surface area contributed by atoms with Gasteiger partial charge in [-0.3, -0.25) is 14.6 Å². The van der Waals surface area contributed by atoms with Gasteiger partial charge < -0.3 is 35.6 Å². The lowest BCUT2D eigenvalue weighted by molar-refractivity contribution is -0.139. The number of aliphatic hydroxyl groups excluding tert-OH is 1. The van der Waals surface area contributed by atoms with Crippen LogP contribution in [-0.2, 0) is 42.2 Å². The van der Waals surface area contributed by atoms with E-state index in [0.29, 0.717) is 45.7 Å². The number of fused-ring (bicyclic) bond motifs is 1. The number of aliphatic hydroxyl groups is 1. The molecule has 1 aliphatic heterocycles. The van der Waals surface area contributed by atoms with Gasteiger partial charge in [0.05, 0.1) is 23.1 Å². The number of carboxylic acids is 1. The van der Waals surface area contributed by atoms with Crippen molar-refractivity contribution in [3.63, 3.8) is 0 Å². The topological polar surface area (TPSA) is 166 Å². The Morgan fingerprint density at radius 3 is 2.49 bits per heavy atom. The van der Waals surface area contributed by atoms with Crippen molar-refractivity contribution in [1.82, 2.24) is 20.9 Å². The van der Waals surface area contributed by atoms with Gasteiger partial charge in [-0.25, -0.2) is 0 Å². The Morgan fingerprint density at radius 2 is 1.71 bits per heavy atom. The molecule has 1 aliphatic carbocycles. The van der Waals surface area contributed by atoms with Gasteiger partial charge in [0.25, 0.3) is 0 Å². The van der Waals surface area contributed by atoms with E-state index in [4.69, 9.17) is 26.2 Å². The number of ether oxygens (including phenoxy) is 2.